The van der Waals surface area contributed by atoms with E-state index in [2.05, 4.69) is 45.1 Å². The van der Waals surface area contributed by atoms with Gasteiger partial charge in [-0.25, -0.2) is 0 Å². The maximum Gasteiger partial charge on any atom is 0.255 e. The van der Waals surface area contributed by atoms with Gasteiger partial charge in [-0.3, -0.25) is 9.69 Å². The fraction of sp³-hybridized carbons (Fsp3) is 0.250. The number of hydrogen-bond donors (Lipinski definition) is 0. The Labute approximate surface area is 151 Å². The van der Waals surface area contributed by atoms with Gasteiger partial charge in [0.1, 0.15) is 0 Å². The summed E-state index contributed by atoms with van der Waals surface area (Å²) in [7, 11) is 0. The van der Waals surface area contributed by atoms with Crippen molar-refractivity contribution in [1.29, 1.82) is 0 Å². The monoisotopic (exact) mass is 384 g/mol. The van der Waals surface area contributed by atoms with E-state index in [9.17, 15) is 4.79 Å². The Kier molecular flexibility index (Phi) is 5.83. The lowest BCUT2D eigenvalue weighted by molar-refractivity contribution is 0.0649. The molecule has 0 radical (unpaired) electrons. The molecule has 0 bridgehead atoms. The zero-order valence-electron chi connectivity index (χ0n) is 13.6. The molecule has 0 N–H and O–H groups in total. The van der Waals surface area contributed by atoms with Crippen molar-refractivity contribution in [2.45, 2.75) is 0 Å². The molecule has 1 aliphatic heterocycles. The van der Waals surface area contributed by atoms with Gasteiger partial charge in [-0.2, -0.15) is 0 Å². The van der Waals surface area contributed by atoms with Crippen molar-refractivity contribution in [2.75, 3.05) is 32.7 Å². The standard InChI is InChI=1S/C20H21BrN2O/c21-19-11-5-4-10-18(19)20(24)23-15-13-22(14-16-23)12-6-9-17-7-2-1-3-8-17/h1-11H,12-16H2. The number of carbonyl (C=O) groups excluding carboxylic acids is 1. The molecular weight excluding hydrogens is 364 g/mol. The summed E-state index contributed by atoms with van der Waals surface area (Å²) in [5.74, 6) is 0.113. The number of carbonyl (C=O) groups is 1. The molecule has 1 saturated heterocycles. The first-order chi connectivity index (χ1) is 11.7. The quantitative estimate of drug-likeness (QED) is 0.797. The van der Waals surface area contributed by atoms with Crippen LogP contribution in [0.25, 0.3) is 6.08 Å². The largest absolute Gasteiger partial charge is 0.336 e. The molecular formula is C20H21BrN2O. The van der Waals surface area contributed by atoms with E-state index in [4.69, 9.17) is 0 Å². The third kappa shape index (κ3) is 4.34. The number of halogens is 1. The lowest BCUT2D eigenvalue weighted by atomic mass is 10.2. The smallest absolute Gasteiger partial charge is 0.255 e. The molecule has 1 amide bonds. The maximum absolute atomic E-state index is 12.6. The van der Waals surface area contributed by atoms with Gasteiger partial charge in [-0.05, 0) is 33.6 Å². The van der Waals surface area contributed by atoms with Crippen molar-refractivity contribution >= 4 is 27.9 Å². The summed E-state index contributed by atoms with van der Waals surface area (Å²) >= 11 is 3.46. The number of rotatable bonds is 4. The molecule has 1 fully saturated rings. The van der Waals surface area contributed by atoms with Crippen LogP contribution in [0.2, 0.25) is 0 Å². The summed E-state index contributed by atoms with van der Waals surface area (Å²) < 4.78 is 0.864. The fourth-order valence-corrected chi connectivity index (χ4v) is 3.29. The van der Waals surface area contributed by atoms with Crippen LogP contribution in [0.5, 0.6) is 0 Å². The van der Waals surface area contributed by atoms with Crippen LogP contribution in [0, 0.1) is 0 Å². The average molecular weight is 385 g/mol. The van der Waals surface area contributed by atoms with E-state index in [-0.39, 0.29) is 5.91 Å². The number of piperazine rings is 1. The van der Waals surface area contributed by atoms with Crippen LogP contribution in [-0.2, 0) is 0 Å². The number of nitrogens with zero attached hydrogens (tertiary/aromatic N) is 2. The molecule has 3 rings (SSSR count). The molecule has 4 heteroatoms. The van der Waals surface area contributed by atoms with Crippen molar-refractivity contribution in [2.24, 2.45) is 0 Å². The minimum absolute atomic E-state index is 0.113. The Morgan fingerprint density at radius 3 is 2.33 bits per heavy atom. The normalized spacial score (nSPS) is 15.8. The Hall–Kier alpha value is -1.91. The molecule has 124 valence electrons. The van der Waals surface area contributed by atoms with E-state index >= 15 is 0 Å². The fourth-order valence-electron chi connectivity index (χ4n) is 2.84. The summed E-state index contributed by atoms with van der Waals surface area (Å²) in [6.45, 7) is 4.30. The molecule has 0 spiro atoms. The van der Waals surface area contributed by atoms with Crippen molar-refractivity contribution in [3.8, 4) is 0 Å². The van der Waals surface area contributed by atoms with Crippen LogP contribution < -0.4 is 0 Å². The molecule has 1 aliphatic rings. The molecule has 2 aromatic rings. The van der Waals surface area contributed by atoms with Gasteiger partial charge >= 0.3 is 0 Å². The van der Waals surface area contributed by atoms with Gasteiger partial charge in [-0.15, -0.1) is 0 Å². The zero-order valence-corrected chi connectivity index (χ0v) is 15.2. The van der Waals surface area contributed by atoms with Crippen molar-refractivity contribution < 1.29 is 4.79 Å². The summed E-state index contributed by atoms with van der Waals surface area (Å²) in [5, 5.41) is 0. The van der Waals surface area contributed by atoms with E-state index in [0.717, 1.165) is 42.8 Å². The Morgan fingerprint density at radius 2 is 1.62 bits per heavy atom. The van der Waals surface area contributed by atoms with Gasteiger partial charge in [0.05, 0.1) is 5.56 Å². The highest BCUT2D eigenvalue weighted by atomic mass is 79.9. The van der Waals surface area contributed by atoms with Gasteiger partial charge in [0.25, 0.3) is 5.91 Å². The second-order valence-electron chi connectivity index (χ2n) is 5.89. The molecule has 0 aliphatic carbocycles. The summed E-state index contributed by atoms with van der Waals surface area (Å²) in [5.41, 5.74) is 1.97. The van der Waals surface area contributed by atoms with E-state index in [0.29, 0.717) is 0 Å². The molecule has 2 aromatic carbocycles. The lowest BCUT2D eigenvalue weighted by Crippen LogP contribution is -2.48. The van der Waals surface area contributed by atoms with E-state index in [1.807, 2.05) is 47.4 Å². The summed E-state index contributed by atoms with van der Waals surface area (Å²) in [4.78, 5) is 16.9. The van der Waals surface area contributed by atoms with E-state index in [1.54, 1.807) is 0 Å². The lowest BCUT2D eigenvalue weighted by Gasteiger charge is -2.34. The second-order valence-corrected chi connectivity index (χ2v) is 6.74. The Bertz CT molecular complexity index is 707. The molecule has 3 nitrogen and oxygen atoms in total. The van der Waals surface area contributed by atoms with Crippen LogP contribution in [0.15, 0.2) is 65.1 Å². The third-order valence-corrected chi connectivity index (χ3v) is 4.93. The SMILES string of the molecule is O=C(c1ccccc1Br)N1CCN(CC=Cc2ccccc2)CC1. The van der Waals surface area contributed by atoms with Gasteiger partial charge in [0.2, 0.25) is 0 Å². The minimum Gasteiger partial charge on any atom is -0.336 e. The summed E-state index contributed by atoms with van der Waals surface area (Å²) in [6.07, 6.45) is 4.35. The van der Waals surface area contributed by atoms with Crippen molar-refractivity contribution in [1.82, 2.24) is 9.80 Å². The van der Waals surface area contributed by atoms with Gasteiger partial charge < -0.3 is 4.90 Å². The first-order valence-corrected chi connectivity index (χ1v) is 9.01. The van der Waals surface area contributed by atoms with Crippen LogP contribution in [-0.4, -0.2) is 48.4 Å². The van der Waals surface area contributed by atoms with Gasteiger partial charge in [-0.1, -0.05) is 54.6 Å². The molecule has 0 atom stereocenters. The maximum atomic E-state index is 12.6. The first-order valence-electron chi connectivity index (χ1n) is 8.22. The predicted octanol–water partition coefficient (Wildman–Crippen LogP) is 3.92. The number of hydrogen-bond acceptors (Lipinski definition) is 2. The molecule has 0 saturated carbocycles. The van der Waals surface area contributed by atoms with Crippen LogP contribution in [0.4, 0.5) is 0 Å². The Morgan fingerprint density at radius 1 is 0.958 bits per heavy atom. The molecule has 1 heterocycles. The third-order valence-electron chi connectivity index (χ3n) is 4.24. The number of benzene rings is 2. The topological polar surface area (TPSA) is 23.6 Å². The Balaban J connectivity index is 1.50. The first kappa shape index (κ1) is 16.9. The molecule has 0 aromatic heterocycles. The van der Waals surface area contributed by atoms with Crippen molar-refractivity contribution in [3.63, 3.8) is 0 Å². The highest BCUT2D eigenvalue weighted by Crippen LogP contribution is 2.18. The second kappa shape index (κ2) is 8.27. The zero-order chi connectivity index (χ0) is 16.8. The average Bonchev–Trinajstić information content (AvgIpc) is 2.63. The van der Waals surface area contributed by atoms with Crippen LogP contribution in [0.3, 0.4) is 0 Å². The highest BCUT2D eigenvalue weighted by Gasteiger charge is 2.22. The van der Waals surface area contributed by atoms with E-state index in [1.165, 1.54) is 5.56 Å². The molecule has 24 heavy (non-hydrogen) atoms. The predicted molar refractivity (Wildman–Crippen MR) is 102 cm³/mol. The summed E-state index contributed by atoms with van der Waals surface area (Å²) in [6, 6.07) is 17.9. The number of amides is 1. The van der Waals surface area contributed by atoms with E-state index < -0.39 is 0 Å². The van der Waals surface area contributed by atoms with Crippen molar-refractivity contribution in [3.05, 3.63) is 76.3 Å². The highest BCUT2D eigenvalue weighted by molar-refractivity contribution is 9.10. The van der Waals surface area contributed by atoms with Gasteiger partial charge in [0, 0.05) is 37.2 Å². The minimum atomic E-state index is 0.113. The van der Waals surface area contributed by atoms with Crippen LogP contribution in [0.1, 0.15) is 15.9 Å². The molecule has 0 unspecified atom stereocenters. The van der Waals surface area contributed by atoms with Crippen LogP contribution >= 0.6 is 15.9 Å². The van der Waals surface area contributed by atoms with Gasteiger partial charge in [0.15, 0.2) is 0 Å².